The molecule has 2 unspecified atom stereocenters. The molecule has 2 atom stereocenters. The molecule has 1 aromatic carbocycles. The van der Waals surface area contributed by atoms with E-state index < -0.39 is 0 Å². The maximum atomic E-state index is 12.4. The van der Waals surface area contributed by atoms with Crippen LogP contribution in [0.15, 0.2) is 40.3 Å². The topological polar surface area (TPSA) is 135 Å². The summed E-state index contributed by atoms with van der Waals surface area (Å²) in [6.45, 7) is 5.91. The summed E-state index contributed by atoms with van der Waals surface area (Å²) in [5.41, 5.74) is 17.6. The van der Waals surface area contributed by atoms with Crippen LogP contribution in [0.2, 0.25) is 10.0 Å². The number of halogens is 3. The smallest absolute Gasteiger partial charge is 0.318 e. The number of aliphatic imine (C=N–C) groups is 1. The number of hydrogen-bond acceptors (Lipinski definition) is 10. The van der Waals surface area contributed by atoms with E-state index in [9.17, 15) is 9.18 Å². The number of carbonyl (C=O) groups is 1. The number of benzene rings is 1. The summed E-state index contributed by atoms with van der Waals surface area (Å²) in [6.07, 6.45) is 5.23. The van der Waals surface area contributed by atoms with Crippen LogP contribution in [-0.4, -0.2) is 91.4 Å². The Balaban J connectivity index is 0.000000365. The van der Waals surface area contributed by atoms with Gasteiger partial charge in [-0.3, -0.25) is 14.7 Å². The first-order valence-corrected chi connectivity index (χ1v) is 16.5. The molecule has 0 radical (unpaired) electrons. The molecule has 0 spiro atoms. The number of nitrogens with two attached hydrogens (primary N) is 2. The van der Waals surface area contributed by atoms with Crippen LogP contribution in [0, 0.1) is 0 Å². The monoisotopic (exact) mass is 688 g/mol. The van der Waals surface area contributed by atoms with Gasteiger partial charge in [0, 0.05) is 68.6 Å². The standard InChI is InChI=1S/C25H31Cl2N7O3.C8H12FN/c1-13(22(29)24(35)33(2)3)19-11-34(7-5-6-30-19)23-16-12-37-20(10-18(16)31-25(32-23)36-4)15-8-14(28)9-17(26)21(15)27;9-5-7-4-8-2-1-3-10(8)6-7/h8-9,20H,5-7,10-12,28-29H2,1-4H3;5,8H,1-4,6H2/b22-13-;7-5-. The van der Waals surface area contributed by atoms with E-state index >= 15 is 0 Å². The molecule has 0 saturated carbocycles. The Kier molecular flexibility index (Phi) is 11.3. The molecule has 2 aromatic rings. The fraction of sp³-hybridized carbons (Fsp3) is 0.515. The van der Waals surface area contributed by atoms with E-state index in [4.69, 9.17) is 49.1 Å². The van der Waals surface area contributed by atoms with E-state index in [0.717, 1.165) is 48.3 Å². The predicted molar refractivity (Wildman–Crippen MR) is 184 cm³/mol. The molecule has 0 bridgehead atoms. The minimum absolute atomic E-state index is 0.178. The lowest BCUT2D eigenvalue weighted by atomic mass is 9.98. The van der Waals surface area contributed by atoms with Gasteiger partial charge in [0.2, 0.25) is 0 Å². The Hall–Kier alpha value is -3.45. The highest BCUT2D eigenvalue weighted by molar-refractivity contribution is 6.42. The number of amides is 1. The molecule has 5 heterocycles. The third kappa shape index (κ3) is 7.83. The highest BCUT2D eigenvalue weighted by Gasteiger charge is 2.32. The van der Waals surface area contributed by atoms with Gasteiger partial charge in [-0.05, 0) is 56.9 Å². The summed E-state index contributed by atoms with van der Waals surface area (Å²) in [5.74, 6) is 0.453. The second kappa shape index (κ2) is 15.2. The first kappa shape index (κ1) is 34.9. The van der Waals surface area contributed by atoms with E-state index in [1.807, 2.05) is 6.92 Å². The molecule has 1 aromatic heterocycles. The van der Waals surface area contributed by atoms with Crippen LogP contribution in [0.1, 0.15) is 55.5 Å². The van der Waals surface area contributed by atoms with Crippen molar-refractivity contribution in [1.29, 1.82) is 0 Å². The maximum absolute atomic E-state index is 12.4. The number of rotatable bonds is 5. The number of carbonyl (C=O) groups excluding carboxylic acids is 1. The third-order valence-electron chi connectivity index (χ3n) is 9.03. The van der Waals surface area contributed by atoms with Crippen LogP contribution < -0.4 is 21.1 Å². The van der Waals surface area contributed by atoms with Gasteiger partial charge < -0.3 is 30.7 Å². The van der Waals surface area contributed by atoms with E-state index in [-0.39, 0.29) is 30.3 Å². The van der Waals surface area contributed by atoms with Crippen molar-refractivity contribution in [2.45, 2.75) is 57.8 Å². The van der Waals surface area contributed by atoms with Crippen molar-refractivity contribution in [1.82, 2.24) is 19.8 Å². The lowest BCUT2D eigenvalue weighted by molar-refractivity contribution is -0.124. The highest BCUT2D eigenvalue weighted by atomic mass is 35.5. The minimum Gasteiger partial charge on any atom is -0.467 e. The number of fused-ring (bicyclic) bond motifs is 2. The van der Waals surface area contributed by atoms with Gasteiger partial charge in [0.05, 0.1) is 54.1 Å². The quantitative estimate of drug-likeness (QED) is 0.333. The van der Waals surface area contributed by atoms with Gasteiger partial charge in [0.1, 0.15) is 11.5 Å². The minimum atomic E-state index is -0.378. The average molecular weight is 690 g/mol. The van der Waals surface area contributed by atoms with Crippen LogP contribution in [0.5, 0.6) is 6.01 Å². The summed E-state index contributed by atoms with van der Waals surface area (Å²) in [4.78, 5) is 32.4. The van der Waals surface area contributed by atoms with Crippen LogP contribution >= 0.6 is 23.2 Å². The lowest BCUT2D eigenvalue weighted by Gasteiger charge is -2.31. The maximum Gasteiger partial charge on any atom is 0.318 e. The number of nitrogen functional groups attached to an aromatic ring is 1. The second-order valence-electron chi connectivity index (χ2n) is 12.4. The first-order chi connectivity index (χ1) is 22.5. The normalized spacial score (nSPS) is 22.4. The lowest BCUT2D eigenvalue weighted by Crippen LogP contribution is -2.35. The van der Waals surface area contributed by atoms with Gasteiger partial charge in [0.25, 0.3) is 5.91 Å². The highest BCUT2D eigenvalue weighted by Crippen LogP contribution is 2.40. The zero-order valence-corrected chi connectivity index (χ0v) is 28.9. The van der Waals surface area contributed by atoms with Crippen LogP contribution in [0.25, 0.3) is 0 Å². The van der Waals surface area contributed by atoms with E-state index in [1.165, 1.54) is 31.4 Å². The molecule has 254 valence electrons. The van der Waals surface area contributed by atoms with E-state index in [2.05, 4.69) is 19.8 Å². The number of anilines is 2. The summed E-state index contributed by atoms with van der Waals surface area (Å²) in [6, 6.07) is 4.32. The van der Waals surface area contributed by atoms with Crippen LogP contribution in [0.3, 0.4) is 0 Å². The molecule has 2 saturated heterocycles. The number of aromatic nitrogens is 2. The van der Waals surface area contributed by atoms with Crippen molar-refractivity contribution in [3.8, 4) is 6.01 Å². The average Bonchev–Trinajstić information content (AvgIpc) is 3.59. The number of methoxy groups -OCH3 is 1. The third-order valence-corrected chi connectivity index (χ3v) is 9.84. The number of likely N-dealkylation sites (N-methyl/N-ethyl adjacent to an activating group) is 1. The molecule has 4 aliphatic heterocycles. The Bertz CT molecular complexity index is 1580. The molecule has 1 amide bonds. The fourth-order valence-corrected chi connectivity index (χ4v) is 6.92. The Morgan fingerprint density at radius 3 is 2.66 bits per heavy atom. The number of hydrogen-bond donors (Lipinski definition) is 2. The zero-order chi connectivity index (χ0) is 33.8. The van der Waals surface area contributed by atoms with Crippen LogP contribution in [0.4, 0.5) is 15.9 Å². The van der Waals surface area contributed by atoms with Crippen LogP contribution in [-0.2, 0) is 22.6 Å². The van der Waals surface area contributed by atoms with Crippen molar-refractivity contribution in [2.24, 2.45) is 10.7 Å². The Labute approximate surface area is 285 Å². The Morgan fingerprint density at radius 2 is 1.96 bits per heavy atom. The van der Waals surface area contributed by atoms with Crippen molar-refractivity contribution >= 4 is 46.3 Å². The predicted octanol–water partition coefficient (Wildman–Crippen LogP) is 4.87. The molecular formula is C33H43Cl2FN8O3. The Morgan fingerprint density at radius 1 is 1.17 bits per heavy atom. The summed E-state index contributed by atoms with van der Waals surface area (Å²) in [5, 5.41) is 0.782. The van der Waals surface area contributed by atoms with Crippen molar-refractivity contribution in [3.63, 3.8) is 0 Å². The molecule has 14 heteroatoms. The van der Waals surface area contributed by atoms with Crippen molar-refractivity contribution in [3.05, 3.63) is 62.2 Å². The molecule has 2 fully saturated rings. The first-order valence-electron chi connectivity index (χ1n) is 15.8. The molecular weight excluding hydrogens is 646 g/mol. The molecule has 6 rings (SSSR count). The molecule has 11 nitrogen and oxygen atoms in total. The van der Waals surface area contributed by atoms with Crippen molar-refractivity contribution in [2.75, 3.05) is 64.6 Å². The number of nitrogens with zero attached hydrogens (tertiary/aromatic N) is 6. The van der Waals surface area contributed by atoms with Gasteiger partial charge in [-0.25, -0.2) is 4.39 Å². The van der Waals surface area contributed by atoms with Crippen molar-refractivity contribution < 1.29 is 18.7 Å². The summed E-state index contributed by atoms with van der Waals surface area (Å²) in [7, 11) is 4.87. The molecule has 4 N–H and O–H groups in total. The van der Waals surface area contributed by atoms with Gasteiger partial charge in [-0.15, -0.1) is 0 Å². The van der Waals surface area contributed by atoms with Gasteiger partial charge >= 0.3 is 6.01 Å². The SMILES string of the molecule is COc1nc2c(c(N3CCCN=C(/C(C)=C(\N)C(=O)N(C)C)C3)n1)COC(c1cc(N)cc(Cl)c1Cl)C2.F/C=C1/CC2CCCN2C1. The van der Waals surface area contributed by atoms with Gasteiger partial charge in [0.15, 0.2) is 0 Å². The fourth-order valence-electron chi connectivity index (χ4n) is 6.45. The summed E-state index contributed by atoms with van der Waals surface area (Å²) < 4.78 is 23.7. The molecule has 0 aliphatic carbocycles. The van der Waals surface area contributed by atoms with Gasteiger partial charge in [-0.1, -0.05) is 23.2 Å². The summed E-state index contributed by atoms with van der Waals surface area (Å²) >= 11 is 12.7. The van der Waals surface area contributed by atoms with E-state index in [1.54, 1.807) is 26.2 Å². The molecule has 47 heavy (non-hydrogen) atoms. The van der Waals surface area contributed by atoms with E-state index in [0.29, 0.717) is 64.8 Å². The largest absolute Gasteiger partial charge is 0.467 e. The molecule has 4 aliphatic rings. The second-order valence-corrected chi connectivity index (χ2v) is 13.2. The van der Waals surface area contributed by atoms with Gasteiger partial charge in [-0.2, -0.15) is 9.97 Å². The number of ether oxygens (including phenoxy) is 2. The zero-order valence-electron chi connectivity index (χ0n) is 27.4.